The minimum Gasteiger partial charge on any atom is -0.392 e. The molecule has 0 radical (unpaired) electrons. The molecule has 104 valence electrons. The van der Waals surface area contributed by atoms with E-state index in [1.165, 1.54) is 6.42 Å². The van der Waals surface area contributed by atoms with Crippen molar-refractivity contribution in [2.75, 3.05) is 5.32 Å². The zero-order valence-corrected chi connectivity index (χ0v) is 11.8. The number of carbonyl (C=O) groups excluding carboxylic acids is 1. The maximum Gasteiger partial charge on any atom is 0.228 e. The first-order valence-electron chi connectivity index (χ1n) is 7.03. The zero-order valence-electron chi connectivity index (χ0n) is 11.8. The lowest BCUT2D eigenvalue weighted by atomic mass is 9.68. The molecule has 0 heterocycles. The second-order valence-corrected chi connectivity index (χ2v) is 6.13. The number of aliphatic hydroxyl groups is 1. The van der Waals surface area contributed by atoms with E-state index in [1.807, 2.05) is 24.3 Å². The van der Waals surface area contributed by atoms with E-state index < -0.39 is 0 Å². The summed E-state index contributed by atoms with van der Waals surface area (Å²) in [4.78, 5) is 12.4. The molecule has 1 amide bonds. The predicted molar refractivity (Wildman–Crippen MR) is 76.7 cm³/mol. The van der Waals surface area contributed by atoms with Crippen molar-refractivity contribution >= 4 is 11.6 Å². The van der Waals surface area contributed by atoms with Crippen LogP contribution in [-0.4, -0.2) is 11.0 Å². The van der Waals surface area contributed by atoms with E-state index >= 15 is 0 Å². The van der Waals surface area contributed by atoms with Crippen molar-refractivity contribution in [3.63, 3.8) is 0 Å². The SMILES string of the molecule is CC1(C)CCCCC1C(=O)Nc1cccc(CO)c1. The van der Waals surface area contributed by atoms with Crippen molar-refractivity contribution in [1.82, 2.24) is 0 Å². The average molecular weight is 261 g/mol. The van der Waals surface area contributed by atoms with Crippen LogP contribution in [0.5, 0.6) is 0 Å². The van der Waals surface area contributed by atoms with Gasteiger partial charge in [0, 0.05) is 11.6 Å². The first kappa shape index (κ1) is 14.1. The van der Waals surface area contributed by atoms with Crippen molar-refractivity contribution in [2.24, 2.45) is 11.3 Å². The summed E-state index contributed by atoms with van der Waals surface area (Å²) in [6, 6.07) is 7.40. The lowest BCUT2D eigenvalue weighted by molar-refractivity contribution is -0.124. The second kappa shape index (κ2) is 5.74. The van der Waals surface area contributed by atoms with Crippen LogP contribution >= 0.6 is 0 Å². The molecule has 2 N–H and O–H groups in total. The first-order chi connectivity index (χ1) is 9.03. The van der Waals surface area contributed by atoms with Gasteiger partial charge in [-0.3, -0.25) is 4.79 Å². The van der Waals surface area contributed by atoms with Gasteiger partial charge in [-0.25, -0.2) is 0 Å². The summed E-state index contributed by atoms with van der Waals surface area (Å²) >= 11 is 0. The van der Waals surface area contributed by atoms with Crippen molar-refractivity contribution in [3.05, 3.63) is 29.8 Å². The zero-order chi connectivity index (χ0) is 13.9. The normalized spacial score (nSPS) is 21.9. The van der Waals surface area contributed by atoms with Gasteiger partial charge in [0.15, 0.2) is 0 Å². The number of amides is 1. The fraction of sp³-hybridized carbons (Fsp3) is 0.562. The highest BCUT2D eigenvalue weighted by atomic mass is 16.3. The highest BCUT2D eigenvalue weighted by Gasteiger charge is 2.37. The van der Waals surface area contributed by atoms with E-state index in [-0.39, 0.29) is 23.8 Å². The van der Waals surface area contributed by atoms with Gasteiger partial charge in [-0.1, -0.05) is 38.8 Å². The van der Waals surface area contributed by atoms with Crippen molar-refractivity contribution in [2.45, 2.75) is 46.1 Å². The number of carbonyl (C=O) groups is 1. The quantitative estimate of drug-likeness (QED) is 0.876. The average Bonchev–Trinajstić information content (AvgIpc) is 2.38. The molecule has 19 heavy (non-hydrogen) atoms. The Hall–Kier alpha value is -1.35. The second-order valence-electron chi connectivity index (χ2n) is 6.13. The predicted octanol–water partition coefficient (Wildman–Crippen LogP) is 3.33. The summed E-state index contributed by atoms with van der Waals surface area (Å²) < 4.78 is 0. The monoisotopic (exact) mass is 261 g/mol. The molecule has 0 aliphatic heterocycles. The molecule has 1 aromatic carbocycles. The van der Waals surface area contributed by atoms with Crippen molar-refractivity contribution in [3.8, 4) is 0 Å². The molecule has 3 nitrogen and oxygen atoms in total. The molecule has 1 fully saturated rings. The molecule has 1 aliphatic carbocycles. The van der Waals surface area contributed by atoms with Gasteiger partial charge in [0.25, 0.3) is 0 Å². The molecule has 0 saturated heterocycles. The first-order valence-corrected chi connectivity index (χ1v) is 7.03. The Bertz CT molecular complexity index is 454. The number of hydrogen-bond donors (Lipinski definition) is 2. The maximum atomic E-state index is 12.4. The van der Waals surface area contributed by atoms with Gasteiger partial charge in [0.05, 0.1) is 6.61 Å². The minimum atomic E-state index is -0.00136. The topological polar surface area (TPSA) is 49.3 Å². The number of nitrogens with one attached hydrogen (secondary N) is 1. The van der Waals surface area contributed by atoms with Crippen LogP contribution in [0.4, 0.5) is 5.69 Å². The smallest absolute Gasteiger partial charge is 0.228 e. The van der Waals surface area contributed by atoms with Crippen LogP contribution < -0.4 is 5.32 Å². The van der Waals surface area contributed by atoms with E-state index in [9.17, 15) is 4.79 Å². The molecule has 0 bridgehead atoms. The molecule has 1 aliphatic rings. The molecule has 0 aromatic heterocycles. The third-order valence-corrected chi connectivity index (χ3v) is 4.20. The standard InChI is InChI=1S/C16H23NO2/c1-16(2)9-4-3-8-14(16)15(19)17-13-7-5-6-12(10-13)11-18/h5-7,10,14,18H,3-4,8-9,11H2,1-2H3,(H,17,19). The third-order valence-electron chi connectivity index (χ3n) is 4.20. The molecule has 1 aromatic rings. The molecular weight excluding hydrogens is 238 g/mol. The van der Waals surface area contributed by atoms with Crippen LogP contribution in [0.1, 0.15) is 45.1 Å². The summed E-state index contributed by atoms with van der Waals surface area (Å²) in [6.07, 6.45) is 4.44. The van der Waals surface area contributed by atoms with Crippen LogP contribution in [0.3, 0.4) is 0 Å². The summed E-state index contributed by atoms with van der Waals surface area (Å²) in [6.45, 7) is 4.36. The van der Waals surface area contributed by atoms with Crippen LogP contribution in [0, 0.1) is 11.3 Å². The van der Waals surface area contributed by atoms with Gasteiger partial charge in [0.2, 0.25) is 5.91 Å². The Labute approximate surface area is 115 Å². The maximum absolute atomic E-state index is 12.4. The van der Waals surface area contributed by atoms with Gasteiger partial charge < -0.3 is 10.4 Å². The van der Waals surface area contributed by atoms with Gasteiger partial charge in [-0.15, -0.1) is 0 Å². The lowest BCUT2D eigenvalue weighted by Gasteiger charge is -2.37. The van der Waals surface area contributed by atoms with E-state index in [1.54, 1.807) is 0 Å². The van der Waals surface area contributed by atoms with Crippen LogP contribution in [0.25, 0.3) is 0 Å². The Balaban J connectivity index is 2.07. The van der Waals surface area contributed by atoms with Crippen LogP contribution in [0.15, 0.2) is 24.3 Å². The molecule has 1 unspecified atom stereocenters. The summed E-state index contributed by atoms with van der Waals surface area (Å²) in [5, 5.41) is 12.1. The Morgan fingerprint density at radius 3 is 2.89 bits per heavy atom. The number of anilines is 1. The van der Waals surface area contributed by atoms with E-state index in [0.717, 1.165) is 30.5 Å². The minimum absolute atomic E-state index is 0.00136. The van der Waals surface area contributed by atoms with Gasteiger partial charge in [-0.05, 0) is 36.0 Å². The fourth-order valence-electron chi connectivity index (χ4n) is 2.96. The molecule has 1 atom stereocenters. The molecule has 2 rings (SSSR count). The summed E-state index contributed by atoms with van der Waals surface area (Å²) in [5.74, 6) is 0.193. The Morgan fingerprint density at radius 1 is 1.42 bits per heavy atom. The number of aliphatic hydroxyl groups excluding tert-OH is 1. The third kappa shape index (κ3) is 3.35. The van der Waals surface area contributed by atoms with Crippen LogP contribution in [-0.2, 0) is 11.4 Å². The van der Waals surface area contributed by atoms with E-state index in [2.05, 4.69) is 19.2 Å². The Morgan fingerprint density at radius 2 is 2.21 bits per heavy atom. The number of hydrogen-bond acceptors (Lipinski definition) is 2. The number of benzene rings is 1. The Kier molecular flexibility index (Phi) is 4.25. The van der Waals surface area contributed by atoms with Crippen LogP contribution in [0.2, 0.25) is 0 Å². The molecule has 0 spiro atoms. The van der Waals surface area contributed by atoms with Crippen molar-refractivity contribution < 1.29 is 9.90 Å². The van der Waals surface area contributed by atoms with E-state index in [4.69, 9.17) is 5.11 Å². The fourth-order valence-corrected chi connectivity index (χ4v) is 2.96. The molecular formula is C16H23NO2. The van der Waals surface area contributed by atoms with Gasteiger partial charge in [0.1, 0.15) is 0 Å². The van der Waals surface area contributed by atoms with E-state index in [0.29, 0.717) is 0 Å². The molecule has 1 saturated carbocycles. The highest BCUT2D eigenvalue weighted by molar-refractivity contribution is 5.93. The lowest BCUT2D eigenvalue weighted by Crippen LogP contribution is -2.37. The largest absolute Gasteiger partial charge is 0.392 e. The highest BCUT2D eigenvalue weighted by Crippen LogP contribution is 2.41. The molecule has 3 heteroatoms. The number of rotatable bonds is 3. The summed E-state index contributed by atoms with van der Waals surface area (Å²) in [7, 11) is 0. The van der Waals surface area contributed by atoms with Gasteiger partial charge in [-0.2, -0.15) is 0 Å². The van der Waals surface area contributed by atoms with Gasteiger partial charge >= 0.3 is 0 Å². The summed E-state index contributed by atoms with van der Waals surface area (Å²) in [5.41, 5.74) is 1.68. The van der Waals surface area contributed by atoms with Crippen molar-refractivity contribution in [1.29, 1.82) is 0 Å².